The Morgan fingerprint density at radius 1 is 1.40 bits per heavy atom. The van der Waals surface area contributed by atoms with Crippen LogP contribution in [0.25, 0.3) is 0 Å². The molecule has 0 fully saturated rings. The van der Waals surface area contributed by atoms with Crippen molar-refractivity contribution in [2.24, 2.45) is 0 Å². The molecule has 0 aliphatic carbocycles. The van der Waals surface area contributed by atoms with Crippen LogP contribution in [0.3, 0.4) is 0 Å². The van der Waals surface area contributed by atoms with Gasteiger partial charge in [0.2, 0.25) is 0 Å². The Kier molecular flexibility index (Phi) is 3.72. The van der Waals surface area contributed by atoms with Gasteiger partial charge in [-0.1, -0.05) is 31.5 Å². The van der Waals surface area contributed by atoms with Crippen molar-refractivity contribution < 1.29 is 9.53 Å². The Balaban J connectivity index is 3.00. The van der Waals surface area contributed by atoms with Crippen molar-refractivity contribution in [3.05, 3.63) is 29.3 Å². The summed E-state index contributed by atoms with van der Waals surface area (Å²) in [5, 5.41) is 2.43. The van der Waals surface area contributed by atoms with Gasteiger partial charge in [-0.05, 0) is 24.5 Å². The van der Waals surface area contributed by atoms with E-state index >= 15 is 0 Å². The molecule has 15 heavy (non-hydrogen) atoms. The molecule has 0 saturated heterocycles. The SMILES string of the molecule is CNC(=O)Oc1ccc(C)cc1C(C)C. The number of amides is 1. The molecule has 82 valence electrons. The quantitative estimate of drug-likeness (QED) is 0.809. The Hall–Kier alpha value is -1.51. The standard InChI is InChI=1S/C12H17NO2/c1-8(2)10-7-9(3)5-6-11(10)15-12(14)13-4/h5-8H,1-4H3,(H,13,14). The van der Waals surface area contributed by atoms with Gasteiger partial charge in [0, 0.05) is 7.05 Å². The van der Waals surface area contributed by atoms with E-state index in [4.69, 9.17) is 4.74 Å². The van der Waals surface area contributed by atoms with E-state index in [1.54, 1.807) is 7.05 Å². The van der Waals surface area contributed by atoms with E-state index in [0.29, 0.717) is 11.7 Å². The fraction of sp³-hybridized carbons (Fsp3) is 0.417. The van der Waals surface area contributed by atoms with Gasteiger partial charge in [0.05, 0.1) is 0 Å². The first-order chi connectivity index (χ1) is 7.04. The molecule has 1 aromatic carbocycles. The lowest BCUT2D eigenvalue weighted by molar-refractivity contribution is 0.202. The summed E-state index contributed by atoms with van der Waals surface area (Å²) in [6.45, 7) is 6.17. The number of hydrogen-bond acceptors (Lipinski definition) is 2. The van der Waals surface area contributed by atoms with Crippen LogP contribution in [0.1, 0.15) is 30.9 Å². The molecule has 1 aromatic rings. The lowest BCUT2D eigenvalue weighted by Gasteiger charge is -2.13. The van der Waals surface area contributed by atoms with Crippen molar-refractivity contribution in [1.29, 1.82) is 0 Å². The largest absolute Gasteiger partial charge is 0.412 e. The molecule has 1 N–H and O–H groups in total. The summed E-state index contributed by atoms with van der Waals surface area (Å²) >= 11 is 0. The van der Waals surface area contributed by atoms with Crippen LogP contribution >= 0.6 is 0 Å². The van der Waals surface area contributed by atoms with E-state index in [-0.39, 0.29) is 0 Å². The molecule has 0 radical (unpaired) electrons. The van der Waals surface area contributed by atoms with Crippen molar-refractivity contribution in [2.45, 2.75) is 26.7 Å². The molecule has 0 spiro atoms. The van der Waals surface area contributed by atoms with Crippen LogP contribution in [0.5, 0.6) is 5.75 Å². The summed E-state index contributed by atoms with van der Waals surface area (Å²) in [6.07, 6.45) is -0.430. The van der Waals surface area contributed by atoms with Gasteiger partial charge < -0.3 is 10.1 Å². The second kappa shape index (κ2) is 4.82. The van der Waals surface area contributed by atoms with Crippen LogP contribution in [-0.4, -0.2) is 13.1 Å². The van der Waals surface area contributed by atoms with Gasteiger partial charge >= 0.3 is 6.09 Å². The van der Waals surface area contributed by atoms with Crippen LogP contribution in [-0.2, 0) is 0 Å². The minimum atomic E-state index is -0.430. The highest BCUT2D eigenvalue weighted by Crippen LogP contribution is 2.27. The molecule has 0 bridgehead atoms. The van der Waals surface area contributed by atoms with Gasteiger partial charge in [-0.2, -0.15) is 0 Å². The van der Waals surface area contributed by atoms with Crippen LogP contribution < -0.4 is 10.1 Å². The van der Waals surface area contributed by atoms with E-state index in [0.717, 1.165) is 5.56 Å². The highest BCUT2D eigenvalue weighted by atomic mass is 16.6. The number of rotatable bonds is 2. The monoisotopic (exact) mass is 207 g/mol. The molecule has 0 heterocycles. The zero-order chi connectivity index (χ0) is 11.4. The summed E-state index contributed by atoms with van der Waals surface area (Å²) in [5.41, 5.74) is 2.22. The smallest absolute Gasteiger partial charge is 0.410 e. The maximum atomic E-state index is 11.1. The second-order valence-corrected chi connectivity index (χ2v) is 3.84. The predicted molar refractivity (Wildman–Crippen MR) is 60.4 cm³/mol. The van der Waals surface area contributed by atoms with Crippen LogP contribution in [0.2, 0.25) is 0 Å². The summed E-state index contributed by atoms with van der Waals surface area (Å²) < 4.78 is 5.16. The fourth-order valence-corrected chi connectivity index (χ4v) is 1.36. The number of nitrogens with one attached hydrogen (secondary N) is 1. The third-order valence-corrected chi connectivity index (χ3v) is 2.19. The molecule has 0 aliphatic rings. The van der Waals surface area contributed by atoms with Crippen LogP contribution in [0, 0.1) is 6.92 Å². The molecule has 0 aromatic heterocycles. The number of benzene rings is 1. The Morgan fingerprint density at radius 2 is 2.07 bits per heavy atom. The Morgan fingerprint density at radius 3 is 2.60 bits per heavy atom. The molecular formula is C12H17NO2. The van der Waals surface area contributed by atoms with E-state index in [9.17, 15) is 4.79 Å². The first-order valence-electron chi connectivity index (χ1n) is 5.04. The van der Waals surface area contributed by atoms with Gasteiger partial charge in [0.25, 0.3) is 0 Å². The average Bonchev–Trinajstić information content (AvgIpc) is 2.20. The van der Waals surface area contributed by atoms with Crippen molar-refractivity contribution in [3.8, 4) is 5.75 Å². The molecule has 3 heteroatoms. The Bertz CT molecular complexity index is 359. The lowest BCUT2D eigenvalue weighted by atomic mass is 10.00. The summed E-state index contributed by atoms with van der Waals surface area (Å²) in [6, 6.07) is 5.81. The van der Waals surface area contributed by atoms with Crippen LogP contribution in [0.4, 0.5) is 4.79 Å². The minimum absolute atomic E-state index is 0.338. The third kappa shape index (κ3) is 2.98. The molecule has 0 aliphatic heterocycles. The zero-order valence-electron chi connectivity index (χ0n) is 9.63. The number of carbonyl (C=O) groups is 1. The lowest BCUT2D eigenvalue weighted by Crippen LogP contribution is -2.22. The zero-order valence-corrected chi connectivity index (χ0v) is 9.63. The topological polar surface area (TPSA) is 38.3 Å². The van der Waals surface area contributed by atoms with Gasteiger partial charge in [-0.3, -0.25) is 0 Å². The van der Waals surface area contributed by atoms with E-state index in [1.807, 2.05) is 25.1 Å². The maximum Gasteiger partial charge on any atom is 0.412 e. The highest BCUT2D eigenvalue weighted by molar-refractivity contribution is 5.70. The number of carbonyl (C=O) groups excluding carboxylic acids is 1. The van der Waals surface area contributed by atoms with Gasteiger partial charge in [-0.15, -0.1) is 0 Å². The van der Waals surface area contributed by atoms with Gasteiger partial charge in [0.15, 0.2) is 0 Å². The molecule has 1 rings (SSSR count). The second-order valence-electron chi connectivity index (χ2n) is 3.84. The predicted octanol–water partition coefficient (Wildman–Crippen LogP) is 2.84. The van der Waals surface area contributed by atoms with Crippen molar-refractivity contribution in [3.63, 3.8) is 0 Å². The highest BCUT2D eigenvalue weighted by Gasteiger charge is 2.10. The first-order valence-corrected chi connectivity index (χ1v) is 5.04. The molecule has 0 atom stereocenters. The number of hydrogen-bond donors (Lipinski definition) is 1. The summed E-state index contributed by atoms with van der Waals surface area (Å²) in [4.78, 5) is 11.1. The number of aryl methyl sites for hydroxylation is 1. The maximum absolute atomic E-state index is 11.1. The van der Waals surface area contributed by atoms with Crippen molar-refractivity contribution >= 4 is 6.09 Å². The third-order valence-electron chi connectivity index (χ3n) is 2.19. The summed E-state index contributed by atoms with van der Waals surface area (Å²) in [7, 11) is 1.55. The van der Waals surface area contributed by atoms with Gasteiger partial charge in [0.1, 0.15) is 5.75 Å². The minimum Gasteiger partial charge on any atom is -0.410 e. The molecular weight excluding hydrogens is 190 g/mol. The normalized spacial score (nSPS) is 10.2. The fourth-order valence-electron chi connectivity index (χ4n) is 1.36. The van der Waals surface area contributed by atoms with E-state index in [2.05, 4.69) is 19.2 Å². The molecule has 0 unspecified atom stereocenters. The average molecular weight is 207 g/mol. The van der Waals surface area contributed by atoms with Crippen molar-refractivity contribution in [1.82, 2.24) is 5.32 Å². The Labute approximate surface area is 90.4 Å². The number of ether oxygens (including phenoxy) is 1. The van der Waals surface area contributed by atoms with Crippen molar-refractivity contribution in [2.75, 3.05) is 7.05 Å². The molecule has 3 nitrogen and oxygen atoms in total. The summed E-state index contributed by atoms with van der Waals surface area (Å²) in [5.74, 6) is 0.972. The van der Waals surface area contributed by atoms with E-state index < -0.39 is 6.09 Å². The first kappa shape index (κ1) is 11.6. The molecule has 1 amide bonds. The van der Waals surface area contributed by atoms with Gasteiger partial charge in [-0.25, -0.2) is 4.79 Å². The van der Waals surface area contributed by atoms with Crippen LogP contribution in [0.15, 0.2) is 18.2 Å². The van der Waals surface area contributed by atoms with E-state index in [1.165, 1.54) is 5.56 Å². The molecule has 0 saturated carbocycles.